The van der Waals surface area contributed by atoms with Crippen LogP contribution in [0.1, 0.15) is 25.7 Å². The predicted molar refractivity (Wildman–Crippen MR) is 86.1 cm³/mol. The Hall–Kier alpha value is -1.47. The maximum atomic E-state index is 13.1. The van der Waals surface area contributed by atoms with Crippen molar-refractivity contribution in [1.29, 1.82) is 0 Å². The Balaban J connectivity index is 1.60. The highest BCUT2D eigenvalue weighted by atomic mass is 32.2. The first-order valence-electron chi connectivity index (χ1n) is 8.51. The van der Waals surface area contributed by atoms with Crippen LogP contribution < -0.4 is 0 Å². The Labute approximate surface area is 141 Å². The zero-order valence-corrected chi connectivity index (χ0v) is 14.2. The molecule has 1 aromatic carbocycles. The van der Waals surface area contributed by atoms with Gasteiger partial charge >= 0.3 is 0 Å². The van der Waals surface area contributed by atoms with Gasteiger partial charge in [-0.05, 0) is 61.8 Å². The van der Waals surface area contributed by atoms with Crippen molar-refractivity contribution in [3.05, 3.63) is 30.1 Å². The molecule has 0 N–H and O–H groups in total. The van der Waals surface area contributed by atoms with E-state index >= 15 is 0 Å². The smallest absolute Gasteiger partial charge is 0.243 e. The highest BCUT2D eigenvalue weighted by Crippen LogP contribution is 2.36. The molecule has 0 radical (unpaired) electrons. The molecule has 2 saturated heterocycles. The van der Waals surface area contributed by atoms with Crippen molar-refractivity contribution in [1.82, 2.24) is 9.21 Å². The Kier molecular flexibility index (Phi) is 3.88. The molecule has 1 aliphatic carbocycles. The van der Waals surface area contributed by atoms with E-state index < -0.39 is 21.9 Å². The van der Waals surface area contributed by atoms with Crippen LogP contribution in [0.4, 0.5) is 4.39 Å². The largest absolute Gasteiger partial charge is 0.341 e. The van der Waals surface area contributed by atoms with E-state index in [2.05, 4.69) is 0 Å². The monoisotopic (exact) mass is 352 g/mol. The van der Waals surface area contributed by atoms with Gasteiger partial charge in [0, 0.05) is 19.6 Å². The molecule has 130 valence electrons. The lowest BCUT2D eigenvalue weighted by molar-refractivity contribution is -0.142. The molecule has 7 heteroatoms. The lowest BCUT2D eigenvalue weighted by atomic mass is 9.87. The summed E-state index contributed by atoms with van der Waals surface area (Å²) in [5.74, 6) is 0.432. The zero-order valence-electron chi connectivity index (χ0n) is 13.4. The molecule has 3 fully saturated rings. The minimum absolute atomic E-state index is 0.0504. The lowest BCUT2D eigenvalue weighted by Gasteiger charge is -2.45. The van der Waals surface area contributed by atoms with E-state index in [1.165, 1.54) is 16.4 Å². The fourth-order valence-corrected chi connectivity index (χ4v) is 5.43. The van der Waals surface area contributed by atoms with E-state index in [9.17, 15) is 17.6 Å². The summed E-state index contributed by atoms with van der Waals surface area (Å²) in [5, 5.41) is 0. The highest BCUT2D eigenvalue weighted by molar-refractivity contribution is 7.89. The molecular weight excluding hydrogens is 331 g/mol. The van der Waals surface area contributed by atoms with Crippen molar-refractivity contribution >= 4 is 15.9 Å². The van der Waals surface area contributed by atoms with Gasteiger partial charge in [0.1, 0.15) is 11.9 Å². The van der Waals surface area contributed by atoms with Gasteiger partial charge in [0.2, 0.25) is 15.9 Å². The number of piperidine rings is 2. The molecule has 4 rings (SSSR count). The first-order chi connectivity index (χ1) is 11.4. The molecule has 0 aromatic heterocycles. The van der Waals surface area contributed by atoms with Crippen LogP contribution in [0, 0.1) is 17.7 Å². The number of amides is 1. The maximum absolute atomic E-state index is 13.1. The van der Waals surface area contributed by atoms with Crippen molar-refractivity contribution in [3.63, 3.8) is 0 Å². The maximum Gasteiger partial charge on any atom is 0.243 e. The quantitative estimate of drug-likeness (QED) is 0.831. The molecule has 2 bridgehead atoms. The number of halogens is 1. The normalized spacial score (nSPS) is 28.2. The van der Waals surface area contributed by atoms with Crippen LogP contribution >= 0.6 is 0 Å². The second-order valence-electron chi connectivity index (χ2n) is 7.16. The van der Waals surface area contributed by atoms with Gasteiger partial charge in [-0.1, -0.05) is 0 Å². The van der Waals surface area contributed by atoms with E-state index in [1.807, 2.05) is 4.90 Å². The van der Waals surface area contributed by atoms with E-state index in [0.29, 0.717) is 24.8 Å². The number of benzene rings is 1. The number of nitrogens with zero attached hydrogens (tertiary/aromatic N) is 2. The summed E-state index contributed by atoms with van der Waals surface area (Å²) in [7, 11) is -3.78. The molecule has 1 saturated carbocycles. The van der Waals surface area contributed by atoms with Gasteiger partial charge in [-0.25, -0.2) is 12.8 Å². The van der Waals surface area contributed by atoms with Gasteiger partial charge in [-0.15, -0.1) is 0 Å². The first kappa shape index (κ1) is 16.0. The molecule has 3 aliphatic rings. The van der Waals surface area contributed by atoms with E-state index in [0.717, 1.165) is 44.5 Å². The van der Waals surface area contributed by atoms with E-state index in [-0.39, 0.29) is 10.8 Å². The van der Waals surface area contributed by atoms with Gasteiger partial charge < -0.3 is 4.90 Å². The first-order valence-corrected chi connectivity index (χ1v) is 9.95. The number of hydrogen-bond donors (Lipinski definition) is 0. The summed E-state index contributed by atoms with van der Waals surface area (Å²) in [5.41, 5.74) is 0. The van der Waals surface area contributed by atoms with Crippen LogP contribution in [-0.2, 0) is 14.8 Å². The Bertz CT molecular complexity index is 746. The highest BCUT2D eigenvalue weighted by Gasteiger charge is 2.46. The van der Waals surface area contributed by atoms with Gasteiger partial charge in [0.25, 0.3) is 0 Å². The molecule has 1 amide bonds. The van der Waals surface area contributed by atoms with Crippen LogP contribution in [0.15, 0.2) is 29.2 Å². The van der Waals surface area contributed by atoms with Gasteiger partial charge in [0.05, 0.1) is 4.90 Å². The SMILES string of the molecule is O=C1[C@H]2C[C@H](CCN2S(=O)(=O)c2ccc(F)cc2)CN1CC1CC1. The molecule has 24 heavy (non-hydrogen) atoms. The van der Waals surface area contributed by atoms with Crippen molar-refractivity contribution in [2.45, 2.75) is 36.6 Å². The van der Waals surface area contributed by atoms with Crippen LogP contribution in [0.2, 0.25) is 0 Å². The summed E-state index contributed by atoms with van der Waals surface area (Å²) in [4.78, 5) is 14.7. The third kappa shape index (κ3) is 2.84. The summed E-state index contributed by atoms with van der Waals surface area (Å²) in [6, 6.07) is 4.22. The topological polar surface area (TPSA) is 57.7 Å². The molecule has 2 heterocycles. The van der Waals surface area contributed by atoms with Crippen LogP contribution in [-0.4, -0.2) is 49.2 Å². The standard InChI is InChI=1S/C17H21FN2O3S/c18-14-3-5-15(6-4-14)24(22,23)20-8-7-13-9-16(20)17(21)19(11-13)10-12-1-2-12/h3-6,12-13,16H,1-2,7-11H2/t13-,16+/m0/s1. The van der Waals surface area contributed by atoms with Crippen LogP contribution in [0.5, 0.6) is 0 Å². The minimum atomic E-state index is -3.78. The fraction of sp³-hybridized carbons (Fsp3) is 0.588. The van der Waals surface area contributed by atoms with Gasteiger partial charge in [-0.3, -0.25) is 4.79 Å². The Morgan fingerprint density at radius 2 is 1.83 bits per heavy atom. The number of rotatable bonds is 4. The fourth-order valence-electron chi connectivity index (χ4n) is 3.83. The minimum Gasteiger partial charge on any atom is -0.341 e. The number of likely N-dealkylation sites (tertiary alicyclic amines) is 1. The van der Waals surface area contributed by atoms with Gasteiger partial charge in [-0.2, -0.15) is 4.31 Å². The third-order valence-corrected chi connectivity index (χ3v) is 7.26. The third-order valence-electron chi connectivity index (χ3n) is 5.33. The van der Waals surface area contributed by atoms with Crippen LogP contribution in [0.25, 0.3) is 0 Å². The molecule has 1 aromatic rings. The van der Waals surface area contributed by atoms with Crippen LogP contribution in [0.3, 0.4) is 0 Å². The molecular formula is C17H21FN2O3S. The molecule has 0 unspecified atom stereocenters. The number of carbonyl (C=O) groups excluding carboxylic acids is 1. The summed E-state index contributed by atoms with van der Waals surface area (Å²) < 4.78 is 40.3. The number of sulfonamides is 1. The Morgan fingerprint density at radius 1 is 1.12 bits per heavy atom. The average molecular weight is 352 g/mol. The lowest BCUT2D eigenvalue weighted by Crippen LogP contribution is -2.60. The second-order valence-corrected chi connectivity index (χ2v) is 9.05. The zero-order chi connectivity index (χ0) is 16.9. The predicted octanol–water partition coefficient (Wildman–Crippen LogP) is 1.85. The van der Waals surface area contributed by atoms with Crippen molar-refractivity contribution < 1.29 is 17.6 Å². The van der Waals surface area contributed by atoms with Gasteiger partial charge in [0.15, 0.2) is 0 Å². The summed E-state index contributed by atoms with van der Waals surface area (Å²) in [6.07, 6.45) is 3.69. The van der Waals surface area contributed by atoms with Crippen molar-refractivity contribution in [3.8, 4) is 0 Å². The molecule has 5 nitrogen and oxygen atoms in total. The number of hydrogen-bond acceptors (Lipinski definition) is 3. The number of fused-ring (bicyclic) bond motifs is 2. The van der Waals surface area contributed by atoms with Crippen molar-refractivity contribution in [2.24, 2.45) is 11.8 Å². The molecule has 2 aliphatic heterocycles. The molecule has 0 spiro atoms. The number of carbonyl (C=O) groups is 1. The van der Waals surface area contributed by atoms with Crippen molar-refractivity contribution in [2.75, 3.05) is 19.6 Å². The summed E-state index contributed by atoms with van der Waals surface area (Å²) >= 11 is 0. The van der Waals surface area contributed by atoms with E-state index in [1.54, 1.807) is 0 Å². The second kappa shape index (κ2) is 5.81. The van der Waals surface area contributed by atoms with E-state index in [4.69, 9.17) is 0 Å². The average Bonchev–Trinajstić information content (AvgIpc) is 3.37. The Morgan fingerprint density at radius 3 is 2.50 bits per heavy atom. The summed E-state index contributed by atoms with van der Waals surface area (Å²) in [6.45, 7) is 1.88. The molecule has 2 atom stereocenters.